The van der Waals surface area contributed by atoms with Gasteiger partial charge in [-0.2, -0.15) is 8.42 Å². The summed E-state index contributed by atoms with van der Waals surface area (Å²) in [7, 11) is -2.77. The van der Waals surface area contributed by atoms with E-state index < -0.39 is 16.3 Å². The second kappa shape index (κ2) is 6.14. The number of hydrogen-bond acceptors (Lipinski definition) is 6. The van der Waals surface area contributed by atoms with Gasteiger partial charge in [0.1, 0.15) is 11.5 Å². The largest absolute Gasteiger partial charge is 0.506 e. The second-order valence-corrected chi connectivity index (χ2v) is 4.73. The molecule has 0 unspecified atom stereocenters. The average molecular weight is 290 g/mol. The first-order valence-corrected chi connectivity index (χ1v) is 6.70. The fourth-order valence-corrected chi connectivity index (χ4v) is 1.96. The molecular weight excluding hydrogens is 276 g/mol. The zero-order valence-electron chi connectivity index (χ0n) is 10.3. The number of rotatable bonds is 5. The minimum Gasteiger partial charge on any atom is -0.506 e. The molecule has 106 valence electrons. The van der Waals surface area contributed by atoms with Gasteiger partial charge in [-0.15, -0.1) is 0 Å². The zero-order chi connectivity index (χ0) is 14.5. The SMILES string of the molecule is CCOC(=O)NS(=O)(=O)Nc1ccc(OC)cc1O. The van der Waals surface area contributed by atoms with Crippen LogP contribution in [0.1, 0.15) is 6.92 Å². The average Bonchev–Trinajstić information content (AvgIpc) is 2.31. The summed E-state index contributed by atoms with van der Waals surface area (Å²) in [5.41, 5.74) is -0.0994. The van der Waals surface area contributed by atoms with E-state index in [1.807, 2.05) is 4.72 Å². The number of anilines is 1. The van der Waals surface area contributed by atoms with E-state index in [2.05, 4.69) is 4.74 Å². The van der Waals surface area contributed by atoms with E-state index in [-0.39, 0.29) is 18.0 Å². The van der Waals surface area contributed by atoms with Gasteiger partial charge < -0.3 is 14.6 Å². The lowest BCUT2D eigenvalue weighted by Crippen LogP contribution is -2.35. The molecule has 9 heteroatoms. The molecular formula is C10H14N2O6S. The minimum absolute atomic E-state index is 0.0368. The summed E-state index contributed by atoms with van der Waals surface area (Å²) in [6.07, 6.45) is -1.11. The van der Waals surface area contributed by atoms with Crippen molar-refractivity contribution in [3.8, 4) is 11.5 Å². The van der Waals surface area contributed by atoms with Gasteiger partial charge in [0.05, 0.1) is 19.4 Å². The Morgan fingerprint density at radius 1 is 1.42 bits per heavy atom. The molecule has 0 radical (unpaired) electrons. The lowest BCUT2D eigenvalue weighted by atomic mass is 10.3. The van der Waals surface area contributed by atoms with Gasteiger partial charge >= 0.3 is 16.3 Å². The van der Waals surface area contributed by atoms with E-state index in [1.165, 1.54) is 32.2 Å². The quantitative estimate of drug-likeness (QED) is 0.691. The van der Waals surface area contributed by atoms with Crippen molar-refractivity contribution in [3.05, 3.63) is 18.2 Å². The van der Waals surface area contributed by atoms with Crippen molar-refractivity contribution in [2.24, 2.45) is 0 Å². The highest BCUT2D eigenvalue weighted by Crippen LogP contribution is 2.28. The number of carbonyl (C=O) groups excluding carboxylic acids is 1. The first-order chi connectivity index (χ1) is 8.88. The number of phenolic OH excluding ortho intramolecular Hbond substituents is 1. The van der Waals surface area contributed by atoms with E-state index in [4.69, 9.17) is 4.74 Å². The molecule has 0 bridgehead atoms. The third-order valence-electron chi connectivity index (χ3n) is 1.94. The number of hydrogen-bond donors (Lipinski definition) is 3. The molecule has 0 aromatic heterocycles. The van der Waals surface area contributed by atoms with Crippen LogP contribution in [0.15, 0.2) is 18.2 Å². The lowest BCUT2D eigenvalue weighted by molar-refractivity contribution is 0.159. The molecule has 8 nitrogen and oxygen atoms in total. The molecule has 0 saturated heterocycles. The van der Waals surface area contributed by atoms with Crippen LogP contribution in [0.5, 0.6) is 11.5 Å². The molecule has 0 aliphatic rings. The summed E-state index contributed by atoms with van der Waals surface area (Å²) in [5.74, 6) is 0.0207. The summed E-state index contributed by atoms with van der Waals surface area (Å²) in [5, 5.41) is 9.57. The number of carbonyl (C=O) groups is 1. The van der Waals surface area contributed by atoms with Crippen LogP contribution < -0.4 is 14.2 Å². The third kappa shape index (κ3) is 4.54. The molecule has 1 amide bonds. The van der Waals surface area contributed by atoms with Crippen LogP contribution >= 0.6 is 0 Å². The summed E-state index contributed by atoms with van der Waals surface area (Å²) >= 11 is 0. The van der Waals surface area contributed by atoms with Gasteiger partial charge in [-0.3, -0.25) is 4.72 Å². The highest BCUT2D eigenvalue weighted by molar-refractivity contribution is 7.91. The molecule has 1 aromatic carbocycles. The van der Waals surface area contributed by atoms with Gasteiger partial charge in [0, 0.05) is 6.07 Å². The Kier molecular flexibility index (Phi) is 4.81. The van der Waals surface area contributed by atoms with Gasteiger partial charge in [-0.1, -0.05) is 0 Å². The number of methoxy groups -OCH3 is 1. The van der Waals surface area contributed by atoms with Crippen molar-refractivity contribution in [1.29, 1.82) is 0 Å². The maximum Gasteiger partial charge on any atom is 0.422 e. The van der Waals surface area contributed by atoms with Crippen molar-refractivity contribution < 1.29 is 27.8 Å². The number of benzene rings is 1. The summed E-state index contributed by atoms with van der Waals surface area (Å²) in [6.45, 7) is 1.57. The molecule has 1 rings (SSSR count). The number of nitrogens with one attached hydrogen (secondary N) is 2. The summed E-state index contributed by atoms with van der Waals surface area (Å²) in [4.78, 5) is 11.0. The van der Waals surface area contributed by atoms with Crippen molar-refractivity contribution in [2.75, 3.05) is 18.4 Å². The molecule has 19 heavy (non-hydrogen) atoms. The lowest BCUT2D eigenvalue weighted by Gasteiger charge is -2.11. The highest BCUT2D eigenvalue weighted by Gasteiger charge is 2.16. The van der Waals surface area contributed by atoms with Crippen molar-refractivity contribution in [3.63, 3.8) is 0 Å². The van der Waals surface area contributed by atoms with Crippen LogP contribution in [-0.4, -0.2) is 33.3 Å². The first kappa shape index (κ1) is 14.9. The minimum atomic E-state index is -4.17. The molecule has 0 heterocycles. The van der Waals surface area contributed by atoms with Crippen molar-refractivity contribution >= 4 is 22.0 Å². The molecule has 0 aliphatic carbocycles. The van der Waals surface area contributed by atoms with Crippen LogP contribution in [0.3, 0.4) is 0 Å². The van der Waals surface area contributed by atoms with Crippen LogP contribution in [0.4, 0.5) is 10.5 Å². The second-order valence-electron chi connectivity index (χ2n) is 3.31. The zero-order valence-corrected chi connectivity index (χ0v) is 11.2. The molecule has 0 saturated carbocycles. The number of ether oxygens (including phenoxy) is 2. The molecule has 0 aliphatic heterocycles. The van der Waals surface area contributed by atoms with Crippen LogP contribution in [0.2, 0.25) is 0 Å². The van der Waals surface area contributed by atoms with Gasteiger partial charge in [0.15, 0.2) is 0 Å². The standard InChI is InChI=1S/C10H14N2O6S/c1-3-18-10(14)12-19(15,16)11-8-5-4-7(17-2)6-9(8)13/h4-6,11,13H,3H2,1-2H3,(H,12,14). The summed E-state index contributed by atoms with van der Waals surface area (Å²) in [6, 6.07) is 3.96. The fraction of sp³-hybridized carbons (Fsp3) is 0.300. The molecule has 3 N–H and O–H groups in total. The third-order valence-corrected chi connectivity index (χ3v) is 2.87. The number of aromatic hydroxyl groups is 1. The van der Waals surface area contributed by atoms with E-state index in [1.54, 1.807) is 4.72 Å². The fourth-order valence-electron chi connectivity index (χ4n) is 1.17. The Morgan fingerprint density at radius 2 is 2.11 bits per heavy atom. The van der Waals surface area contributed by atoms with E-state index >= 15 is 0 Å². The van der Waals surface area contributed by atoms with E-state index in [0.29, 0.717) is 5.75 Å². The highest BCUT2D eigenvalue weighted by atomic mass is 32.2. The Hall–Kier alpha value is -2.16. The van der Waals surface area contributed by atoms with Gasteiger partial charge in [0.2, 0.25) is 0 Å². The van der Waals surface area contributed by atoms with Gasteiger partial charge in [-0.25, -0.2) is 9.52 Å². The normalized spacial score (nSPS) is 10.6. The first-order valence-electron chi connectivity index (χ1n) is 5.22. The maximum atomic E-state index is 11.5. The van der Waals surface area contributed by atoms with Crippen molar-refractivity contribution in [2.45, 2.75) is 6.92 Å². The topological polar surface area (TPSA) is 114 Å². The monoisotopic (exact) mass is 290 g/mol. The Balaban J connectivity index is 2.81. The van der Waals surface area contributed by atoms with E-state index in [0.717, 1.165) is 0 Å². The summed E-state index contributed by atoms with van der Waals surface area (Å²) < 4.78 is 35.9. The molecule has 0 atom stereocenters. The molecule has 1 aromatic rings. The maximum absolute atomic E-state index is 11.5. The van der Waals surface area contributed by atoms with Crippen LogP contribution in [-0.2, 0) is 14.9 Å². The number of phenols is 1. The van der Waals surface area contributed by atoms with Gasteiger partial charge in [-0.05, 0) is 19.1 Å². The van der Waals surface area contributed by atoms with Crippen LogP contribution in [0, 0.1) is 0 Å². The predicted molar refractivity (Wildman–Crippen MR) is 67.4 cm³/mol. The molecule has 0 fully saturated rings. The van der Waals surface area contributed by atoms with Crippen molar-refractivity contribution in [1.82, 2.24) is 4.72 Å². The van der Waals surface area contributed by atoms with Gasteiger partial charge in [0.25, 0.3) is 0 Å². The number of amides is 1. The molecule has 0 spiro atoms. The van der Waals surface area contributed by atoms with Crippen LogP contribution in [0.25, 0.3) is 0 Å². The predicted octanol–water partition coefficient (Wildman–Crippen LogP) is 0.804. The smallest absolute Gasteiger partial charge is 0.422 e. The van der Waals surface area contributed by atoms with E-state index in [9.17, 15) is 18.3 Å². The Labute approximate surface area is 110 Å². The Bertz CT molecular complexity index is 557. The Morgan fingerprint density at radius 3 is 2.63 bits per heavy atom.